The molecular weight excluding hydrogens is 148 g/mol. The van der Waals surface area contributed by atoms with Crippen molar-refractivity contribution >= 4 is 20.4 Å². The van der Waals surface area contributed by atoms with Crippen LogP contribution in [0, 0.1) is 0 Å². The average Bonchev–Trinajstić information content (AvgIpc) is 1.59. The van der Waals surface area contributed by atoms with E-state index in [9.17, 15) is 0 Å². The van der Waals surface area contributed by atoms with Crippen molar-refractivity contribution in [2.24, 2.45) is 0 Å². The molecule has 3 N–H and O–H groups in total. The molecule has 0 aliphatic rings. The van der Waals surface area contributed by atoms with Crippen LogP contribution in [0.5, 0.6) is 0 Å². The highest BCUT2D eigenvalue weighted by molar-refractivity contribution is 6.56. The van der Waals surface area contributed by atoms with E-state index in [1.165, 1.54) is 0 Å². The number of hydrogen-bond acceptors (Lipinski definition) is 3. The molecule has 0 fully saturated rings. The topological polar surface area (TPSA) is 60.7 Å². The van der Waals surface area contributed by atoms with Gasteiger partial charge in [-0.3, -0.25) is 0 Å². The number of alkyl halides is 1. The zero-order valence-corrected chi connectivity index (χ0v) is 6.10. The van der Waals surface area contributed by atoms with Crippen LogP contribution in [0.4, 0.5) is 0 Å². The Morgan fingerprint density at radius 2 is 1.75 bits per heavy atom. The molecule has 0 bridgehead atoms. The van der Waals surface area contributed by atoms with Gasteiger partial charge in [0.15, 0.2) is 0 Å². The Morgan fingerprint density at radius 1 is 1.25 bits per heavy atom. The molecule has 50 valence electrons. The summed E-state index contributed by atoms with van der Waals surface area (Å²) in [6.45, 7) is 0. The van der Waals surface area contributed by atoms with E-state index in [-0.39, 0.29) is 6.04 Å². The van der Waals surface area contributed by atoms with Crippen molar-refractivity contribution in [3.05, 3.63) is 0 Å². The maximum absolute atomic E-state index is 8.34. The first kappa shape index (κ1) is 8.39. The molecule has 0 aliphatic heterocycles. The molecule has 0 saturated carbocycles. The fourth-order valence-electron chi connectivity index (χ4n) is 0.304. The maximum atomic E-state index is 8.34. The molecule has 0 amide bonds. The summed E-state index contributed by atoms with van der Waals surface area (Å²) < 4.78 is 0. The van der Waals surface area contributed by atoms with Crippen LogP contribution in [-0.2, 0) is 0 Å². The Bertz CT molecular complexity index is 62.0. The van der Waals surface area contributed by atoms with Gasteiger partial charge in [0.25, 0.3) is 0 Å². The van der Waals surface area contributed by atoms with Crippen LogP contribution in [0.1, 0.15) is 6.42 Å². The van der Waals surface area contributed by atoms with Crippen LogP contribution >= 0.6 is 11.6 Å². The molecule has 0 aromatic heterocycles. The summed E-state index contributed by atoms with van der Waals surface area (Å²) in [5, 5.41) is 0. The van der Waals surface area contributed by atoms with Crippen molar-refractivity contribution in [2.75, 3.05) is 5.88 Å². The predicted octanol–water partition coefficient (Wildman–Crippen LogP) is -0.469. The lowest BCUT2D eigenvalue weighted by Gasteiger charge is -2.05. The van der Waals surface area contributed by atoms with Gasteiger partial charge in [0, 0.05) is 11.9 Å². The second-order valence-electron chi connectivity index (χ2n) is 1.57. The van der Waals surface area contributed by atoms with E-state index in [2.05, 4.69) is 0 Å². The molecule has 0 rings (SSSR count). The van der Waals surface area contributed by atoms with Gasteiger partial charge in [-0.1, -0.05) is 0 Å². The molecule has 0 unspecified atom stereocenters. The predicted molar refractivity (Wildman–Crippen MR) is 32.6 cm³/mol. The third-order valence-corrected chi connectivity index (χ3v) is 1.94. The normalized spacial score (nSPS) is 12.0. The van der Waals surface area contributed by atoms with Crippen molar-refractivity contribution in [2.45, 2.75) is 12.5 Å². The molecule has 3 nitrogen and oxygen atoms in total. The first-order chi connectivity index (χ1) is 3.56. The minimum Gasteiger partial charge on any atom is -0.390 e. The fraction of sp³-hybridized carbons (Fsp3) is 1.00. The van der Waals surface area contributed by atoms with E-state index in [0.29, 0.717) is 12.3 Å². The highest BCUT2D eigenvalue weighted by atomic mass is 35.5. The highest BCUT2D eigenvalue weighted by Crippen LogP contribution is 2.01. The van der Waals surface area contributed by atoms with Crippen LogP contribution < -0.4 is 0 Å². The molecular formula is C3H9ClO3Si. The van der Waals surface area contributed by atoms with Gasteiger partial charge in [0.05, 0.1) is 0 Å². The molecule has 0 radical (unpaired) electrons. The summed E-state index contributed by atoms with van der Waals surface area (Å²) in [4.78, 5) is 25.0. The lowest BCUT2D eigenvalue weighted by Crippen LogP contribution is -2.34. The highest BCUT2D eigenvalue weighted by Gasteiger charge is 2.24. The summed E-state index contributed by atoms with van der Waals surface area (Å²) in [6, 6.07) is 0.0382. The Kier molecular flexibility index (Phi) is 3.59. The van der Waals surface area contributed by atoms with Gasteiger partial charge in [0.2, 0.25) is 0 Å². The second-order valence-corrected chi connectivity index (χ2v) is 3.99. The van der Waals surface area contributed by atoms with Crippen molar-refractivity contribution in [1.82, 2.24) is 0 Å². The van der Waals surface area contributed by atoms with Gasteiger partial charge in [-0.2, -0.15) is 0 Å². The van der Waals surface area contributed by atoms with Crippen LogP contribution in [0.3, 0.4) is 0 Å². The van der Waals surface area contributed by atoms with E-state index in [1.807, 2.05) is 0 Å². The smallest absolute Gasteiger partial charge is 0.390 e. The SMILES string of the molecule is O[Si](O)(O)CCCCl. The molecule has 0 aliphatic carbocycles. The van der Waals surface area contributed by atoms with Gasteiger partial charge in [-0.05, 0) is 6.42 Å². The average molecular weight is 157 g/mol. The minimum atomic E-state index is -3.76. The van der Waals surface area contributed by atoms with E-state index < -0.39 is 8.80 Å². The van der Waals surface area contributed by atoms with Crippen molar-refractivity contribution in [3.8, 4) is 0 Å². The molecule has 8 heavy (non-hydrogen) atoms. The van der Waals surface area contributed by atoms with E-state index in [0.717, 1.165) is 0 Å². The van der Waals surface area contributed by atoms with Crippen LogP contribution in [0.25, 0.3) is 0 Å². The first-order valence-corrected chi connectivity index (χ1v) is 4.87. The van der Waals surface area contributed by atoms with Gasteiger partial charge in [-0.25, -0.2) is 0 Å². The van der Waals surface area contributed by atoms with E-state index in [1.54, 1.807) is 0 Å². The van der Waals surface area contributed by atoms with Crippen molar-refractivity contribution in [3.63, 3.8) is 0 Å². The molecule has 0 aromatic carbocycles. The Hall–Kier alpha value is 0.387. The number of halogens is 1. The molecule has 5 heteroatoms. The van der Waals surface area contributed by atoms with Gasteiger partial charge in [-0.15, -0.1) is 11.6 Å². The Morgan fingerprint density at radius 3 is 1.88 bits per heavy atom. The summed E-state index contributed by atoms with van der Waals surface area (Å²) in [6.07, 6.45) is 0.456. The molecule has 0 heterocycles. The van der Waals surface area contributed by atoms with Gasteiger partial charge < -0.3 is 14.4 Å². The quantitative estimate of drug-likeness (QED) is 0.383. The standard InChI is InChI=1S/C3H9ClO3Si/c4-2-1-3-8(5,6)7/h5-7H,1-3H2. The van der Waals surface area contributed by atoms with Gasteiger partial charge >= 0.3 is 8.80 Å². The lowest BCUT2D eigenvalue weighted by atomic mass is 10.6. The molecule has 0 spiro atoms. The van der Waals surface area contributed by atoms with E-state index >= 15 is 0 Å². The van der Waals surface area contributed by atoms with E-state index in [4.69, 9.17) is 26.0 Å². The van der Waals surface area contributed by atoms with Crippen LogP contribution in [-0.4, -0.2) is 29.1 Å². The fourth-order valence-corrected chi connectivity index (χ4v) is 1.31. The lowest BCUT2D eigenvalue weighted by molar-refractivity contribution is 0.227. The number of hydrogen-bond donors (Lipinski definition) is 3. The largest absolute Gasteiger partial charge is 0.492 e. The monoisotopic (exact) mass is 156 g/mol. The first-order valence-electron chi connectivity index (χ1n) is 2.29. The van der Waals surface area contributed by atoms with Crippen molar-refractivity contribution < 1.29 is 14.4 Å². The molecule has 0 atom stereocenters. The zero-order valence-electron chi connectivity index (χ0n) is 4.34. The minimum absolute atomic E-state index is 0.0382. The second kappa shape index (κ2) is 3.42. The molecule has 0 saturated heterocycles. The zero-order chi connectivity index (χ0) is 6.62. The third-order valence-electron chi connectivity index (χ3n) is 0.646. The summed E-state index contributed by atoms with van der Waals surface area (Å²) in [5.74, 6) is 0.358. The summed E-state index contributed by atoms with van der Waals surface area (Å²) in [5.41, 5.74) is 0. The third kappa shape index (κ3) is 6.39. The Balaban J connectivity index is 3.11. The van der Waals surface area contributed by atoms with Crippen LogP contribution in [0.15, 0.2) is 0 Å². The Labute approximate surface area is 53.9 Å². The molecule has 0 aromatic rings. The summed E-state index contributed by atoms with van der Waals surface area (Å²) >= 11 is 5.20. The summed E-state index contributed by atoms with van der Waals surface area (Å²) in [7, 11) is -3.76. The number of rotatable bonds is 3. The van der Waals surface area contributed by atoms with Crippen LogP contribution in [0.2, 0.25) is 6.04 Å². The van der Waals surface area contributed by atoms with Crippen molar-refractivity contribution in [1.29, 1.82) is 0 Å². The maximum Gasteiger partial charge on any atom is 0.492 e. The van der Waals surface area contributed by atoms with Gasteiger partial charge in [0.1, 0.15) is 0 Å².